The minimum Gasteiger partial charge on any atom is -0.494 e. The second-order valence-corrected chi connectivity index (χ2v) is 5.85. The minimum absolute atomic E-state index is 0.0898. The number of hydrogen-bond donors (Lipinski definition) is 1. The van der Waals surface area contributed by atoms with E-state index in [2.05, 4.69) is 5.32 Å². The molecule has 2 aliphatic rings. The van der Waals surface area contributed by atoms with Gasteiger partial charge in [0.25, 0.3) is 0 Å². The van der Waals surface area contributed by atoms with E-state index >= 15 is 0 Å². The van der Waals surface area contributed by atoms with Crippen LogP contribution >= 0.6 is 0 Å². The third-order valence-electron chi connectivity index (χ3n) is 4.28. The van der Waals surface area contributed by atoms with Gasteiger partial charge in [-0.2, -0.15) is 0 Å². The number of rotatable bonds is 6. The lowest BCUT2D eigenvalue weighted by Gasteiger charge is -2.25. The van der Waals surface area contributed by atoms with Gasteiger partial charge in [-0.05, 0) is 36.5 Å². The third-order valence-corrected chi connectivity index (χ3v) is 4.28. The normalized spacial score (nSPS) is 21.9. The molecular formula is C16H21FN2O2. The number of carbonyl (C=O) groups is 1. The lowest BCUT2D eigenvalue weighted by atomic mass is 10.1. The summed E-state index contributed by atoms with van der Waals surface area (Å²) in [6.45, 7) is 1.06. The van der Waals surface area contributed by atoms with E-state index in [1.807, 2.05) is 11.0 Å². The molecule has 0 radical (unpaired) electrons. The molecule has 0 bridgehead atoms. The topological polar surface area (TPSA) is 41.6 Å². The van der Waals surface area contributed by atoms with Crippen LogP contribution in [0, 0.1) is 11.7 Å². The van der Waals surface area contributed by atoms with Gasteiger partial charge in [0, 0.05) is 6.54 Å². The predicted octanol–water partition coefficient (Wildman–Crippen LogP) is 2.45. The van der Waals surface area contributed by atoms with Crippen molar-refractivity contribution >= 4 is 5.91 Å². The Hall–Kier alpha value is -1.62. The van der Waals surface area contributed by atoms with Gasteiger partial charge < -0.3 is 9.64 Å². The Morgan fingerprint density at radius 3 is 2.90 bits per heavy atom. The summed E-state index contributed by atoms with van der Waals surface area (Å²) >= 11 is 0. The van der Waals surface area contributed by atoms with Crippen molar-refractivity contribution in [2.75, 3.05) is 20.2 Å². The first-order valence-corrected chi connectivity index (χ1v) is 7.55. The Labute approximate surface area is 124 Å². The van der Waals surface area contributed by atoms with E-state index in [9.17, 15) is 9.18 Å². The lowest BCUT2D eigenvalue weighted by molar-refractivity contribution is -0.128. The predicted molar refractivity (Wildman–Crippen MR) is 77.4 cm³/mol. The zero-order valence-electron chi connectivity index (χ0n) is 12.3. The summed E-state index contributed by atoms with van der Waals surface area (Å²) in [5, 5.41) is 3.16. The first-order chi connectivity index (χ1) is 10.2. The number of carbonyl (C=O) groups excluding carboxylic acids is 1. The average Bonchev–Trinajstić information content (AvgIpc) is 3.23. The van der Waals surface area contributed by atoms with E-state index in [0.29, 0.717) is 6.54 Å². The highest BCUT2D eigenvalue weighted by molar-refractivity contribution is 5.80. The van der Waals surface area contributed by atoms with Crippen molar-refractivity contribution in [3.8, 4) is 5.75 Å². The minimum atomic E-state index is -0.394. The first kappa shape index (κ1) is 14.3. The van der Waals surface area contributed by atoms with Crippen LogP contribution in [0.5, 0.6) is 5.75 Å². The van der Waals surface area contributed by atoms with E-state index in [1.165, 1.54) is 32.4 Å². The molecule has 1 aromatic carbocycles. The Morgan fingerprint density at radius 1 is 1.43 bits per heavy atom. The number of halogens is 1. The molecule has 1 aromatic rings. The fraction of sp³-hybridized carbons (Fsp3) is 0.562. The number of hydrogen-bond acceptors (Lipinski definition) is 3. The molecule has 0 aromatic heterocycles. The molecule has 1 N–H and O–H groups in total. The average molecular weight is 292 g/mol. The summed E-state index contributed by atoms with van der Waals surface area (Å²) < 4.78 is 18.8. The van der Waals surface area contributed by atoms with Crippen molar-refractivity contribution in [3.63, 3.8) is 0 Å². The van der Waals surface area contributed by atoms with Crippen molar-refractivity contribution in [2.45, 2.75) is 31.8 Å². The molecule has 1 aliphatic heterocycles. The van der Waals surface area contributed by atoms with Gasteiger partial charge in [-0.3, -0.25) is 10.1 Å². The Morgan fingerprint density at radius 2 is 2.24 bits per heavy atom. The zero-order valence-corrected chi connectivity index (χ0v) is 12.3. The smallest absolute Gasteiger partial charge is 0.238 e. The van der Waals surface area contributed by atoms with E-state index < -0.39 is 5.82 Å². The number of methoxy groups -OCH3 is 1. The molecule has 1 unspecified atom stereocenters. The van der Waals surface area contributed by atoms with Gasteiger partial charge in [-0.25, -0.2) is 4.39 Å². The van der Waals surface area contributed by atoms with Gasteiger partial charge in [0.05, 0.1) is 13.7 Å². The Kier molecular flexibility index (Phi) is 4.10. The number of benzene rings is 1. The van der Waals surface area contributed by atoms with Gasteiger partial charge in [0.1, 0.15) is 6.17 Å². The maximum atomic E-state index is 13.8. The number of nitrogens with zero attached hydrogens (tertiary/aromatic N) is 1. The van der Waals surface area contributed by atoms with Crippen LogP contribution in [-0.4, -0.2) is 31.0 Å². The SMILES string of the molecule is COc1ccc(C2NCC(=O)N2CCCC2CC2)cc1F. The zero-order chi connectivity index (χ0) is 14.8. The highest BCUT2D eigenvalue weighted by Gasteiger charge is 2.32. The molecule has 2 fully saturated rings. The molecule has 1 saturated carbocycles. The summed E-state index contributed by atoms with van der Waals surface area (Å²) in [6.07, 6.45) is 4.65. The fourth-order valence-corrected chi connectivity index (χ4v) is 2.90. The number of ether oxygens (including phenoxy) is 1. The van der Waals surface area contributed by atoms with E-state index in [-0.39, 0.29) is 17.8 Å². The molecule has 4 nitrogen and oxygen atoms in total. The second-order valence-electron chi connectivity index (χ2n) is 5.85. The van der Waals surface area contributed by atoms with Gasteiger partial charge in [-0.1, -0.05) is 18.9 Å². The molecule has 1 amide bonds. The maximum Gasteiger partial charge on any atom is 0.238 e. The molecule has 114 valence electrons. The fourth-order valence-electron chi connectivity index (χ4n) is 2.90. The highest BCUT2D eigenvalue weighted by atomic mass is 19.1. The number of amides is 1. The molecule has 3 rings (SSSR count). The standard InChI is InChI=1S/C16H21FN2O2/c1-21-14-7-6-12(9-13(14)17)16-18-10-15(20)19(16)8-2-3-11-4-5-11/h6-7,9,11,16,18H,2-5,8,10H2,1H3. The van der Waals surface area contributed by atoms with Crippen molar-refractivity contribution in [2.24, 2.45) is 5.92 Å². The summed E-state index contributed by atoms with van der Waals surface area (Å²) in [7, 11) is 1.44. The van der Waals surface area contributed by atoms with E-state index in [0.717, 1.165) is 24.4 Å². The summed E-state index contributed by atoms with van der Waals surface area (Å²) in [5.41, 5.74) is 0.769. The molecule has 0 spiro atoms. The van der Waals surface area contributed by atoms with Crippen LogP contribution in [-0.2, 0) is 4.79 Å². The van der Waals surface area contributed by atoms with Crippen LogP contribution in [0.25, 0.3) is 0 Å². The van der Waals surface area contributed by atoms with E-state index in [1.54, 1.807) is 6.07 Å². The maximum absolute atomic E-state index is 13.8. The van der Waals surface area contributed by atoms with Crippen LogP contribution in [0.1, 0.15) is 37.4 Å². The van der Waals surface area contributed by atoms with Crippen molar-refractivity contribution < 1.29 is 13.9 Å². The molecule has 1 heterocycles. The van der Waals surface area contributed by atoms with Crippen LogP contribution in [0.4, 0.5) is 4.39 Å². The van der Waals surface area contributed by atoms with Crippen LogP contribution < -0.4 is 10.1 Å². The molecule has 21 heavy (non-hydrogen) atoms. The monoisotopic (exact) mass is 292 g/mol. The van der Waals surface area contributed by atoms with Crippen LogP contribution in [0.2, 0.25) is 0 Å². The van der Waals surface area contributed by atoms with Gasteiger partial charge in [0.2, 0.25) is 5.91 Å². The largest absolute Gasteiger partial charge is 0.494 e. The Balaban J connectivity index is 1.69. The first-order valence-electron chi connectivity index (χ1n) is 7.55. The van der Waals surface area contributed by atoms with Gasteiger partial charge in [0.15, 0.2) is 11.6 Å². The van der Waals surface area contributed by atoms with Crippen LogP contribution in [0.15, 0.2) is 18.2 Å². The summed E-state index contributed by atoms with van der Waals surface area (Å²) in [4.78, 5) is 13.8. The van der Waals surface area contributed by atoms with Gasteiger partial charge >= 0.3 is 0 Å². The third kappa shape index (κ3) is 3.18. The molecule has 1 saturated heterocycles. The van der Waals surface area contributed by atoms with Crippen LogP contribution in [0.3, 0.4) is 0 Å². The highest BCUT2D eigenvalue weighted by Crippen LogP contribution is 2.34. The van der Waals surface area contributed by atoms with Crippen molar-refractivity contribution in [1.82, 2.24) is 10.2 Å². The second kappa shape index (κ2) is 6.02. The Bertz CT molecular complexity index is 531. The van der Waals surface area contributed by atoms with E-state index in [4.69, 9.17) is 4.74 Å². The molecule has 5 heteroatoms. The number of nitrogens with one attached hydrogen (secondary N) is 1. The van der Waals surface area contributed by atoms with Crippen molar-refractivity contribution in [3.05, 3.63) is 29.6 Å². The summed E-state index contributed by atoms with van der Waals surface area (Å²) in [5.74, 6) is 0.789. The quantitative estimate of drug-likeness (QED) is 0.875. The molecular weight excluding hydrogens is 271 g/mol. The van der Waals surface area contributed by atoms with Crippen molar-refractivity contribution in [1.29, 1.82) is 0 Å². The summed E-state index contributed by atoms with van der Waals surface area (Å²) in [6, 6.07) is 4.87. The molecule has 1 atom stereocenters. The van der Waals surface area contributed by atoms with Gasteiger partial charge in [-0.15, -0.1) is 0 Å². The lowest BCUT2D eigenvalue weighted by Crippen LogP contribution is -2.31. The molecule has 1 aliphatic carbocycles.